The van der Waals surface area contributed by atoms with Gasteiger partial charge < -0.3 is 0 Å². The van der Waals surface area contributed by atoms with Gasteiger partial charge in [0.05, 0.1) is 29.6 Å². The van der Waals surface area contributed by atoms with Crippen molar-refractivity contribution in [3.63, 3.8) is 0 Å². The minimum absolute atomic E-state index is 0.660. The summed E-state index contributed by atoms with van der Waals surface area (Å²) < 4.78 is 0. The molecule has 3 aromatic rings. The van der Waals surface area contributed by atoms with E-state index >= 15 is 0 Å². The van der Waals surface area contributed by atoms with Gasteiger partial charge >= 0.3 is 0 Å². The van der Waals surface area contributed by atoms with Crippen LogP contribution < -0.4 is 0 Å². The van der Waals surface area contributed by atoms with Crippen molar-refractivity contribution in [3.8, 4) is 28.5 Å². The number of hydrogen-bond acceptors (Lipinski definition) is 3. The van der Waals surface area contributed by atoms with E-state index in [0.29, 0.717) is 12.1 Å². The summed E-state index contributed by atoms with van der Waals surface area (Å²) >= 11 is 0. The molecule has 0 saturated carbocycles. The molecular weight excluding hydrogens is 294 g/mol. The van der Waals surface area contributed by atoms with E-state index in [1.807, 2.05) is 30.5 Å². The molecule has 114 valence electrons. The maximum absolute atomic E-state index is 9.01. The largest absolute Gasteiger partial charge is 0.286 e. The van der Waals surface area contributed by atoms with Crippen LogP contribution >= 0.6 is 0 Å². The van der Waals surface area contributed by atoms with Crippen molar-refractivity contribution < 1.29 is 0 Å². The number of pyridine rings is 1. The number of nitrogens with zero attached hydrogens (tertiary/aromatic N) is 3. The van der Waals surface area contributed by atoms with Crippen LogP contribution in [0.4, 0.5) is 0 Å². The Bertz CT molecular complexity index is 975. The first-order chi connectivity index (χ1) is 11.7. The van der Waals surface area contributed by atoms with Gasteiger partial charge in [-0.3, -0.25) is 4.99 Å². The number of aliphatic imine (C=N–C) groups is 1. The number of fused-ring (bicyclic) bond motifs is 1. The van der Waals surface area contributed by atoms with Gasteiger partial charge in [0.1, 0.15) is 0 Å². The smallest absolute Gasteiger partial charge is 0.0991 e. The maximum Gasteiger partial charge on any atom is 0.0991 e. The van der Waals surface area contributed by atoms with E-state index in [-0.39, 0.29) is 0 Å². The Morgan fingerprint density at radius 3 is 2.38 bits per heavy atom. The molecule has 0 spiro atoms. The van der Waals surface area contributed by atoms with Gasteiger partial charge in [0.15, 0.2) is 0 Å². The van der Waals surface area contributed by atoms with Crippen LogP contribution in [0.25, 0.3) is 22.4 Å². The molecule has 0 saturated heterocycles. The minimum Gasteiger partial charge on any atom is -0.286 e. The first-order valence-electron chi connectivity index (χ1n) is 7.86. The van der Waals surface area contributed by atoms with Gasteiger partial charge in [-0.05, 0) is 30.7 Å². The van der Waals surface area contributed by atoms with Gasteiger partial charge in [0, 0.05) is 22.9 Å². The molecule has 0 bridgehead atoms. The SMILES string of the molecule is Cc1ccc(-c2nc3c(cc2-c2ccc(C#N)cc2)CN=C3)cc1. The van der Waals surface area contributed by atoms with Gasteiger partial charge in [-0.25, -0.2) is 4.98 Å². The summed E-state index contributed by atoms with van der Waals surface area (Å²) in [7, 11) is 0. The number of aromatic nitrogens is 1. The van der Waals surface area contributed by atoms with Crippen LogP contribution in [0.5, 0.6) is 0 Å². The monoisotopic (exact) mass is 309 g/mol. The third-order valence-electron chi connectivity index (χ3n) is 4.26. The average molecular weight is 309 g/mol. The van der Waals surface area contributed by atoms with E-state index in [9.17, 15) is 0 Å². The molecule has 1 aromatic heterocycles. The summed E-state index contributed by atoms with van der Waals surface area (Å²) in [6.45, 7) is 2.76. The molecule has 0 amide bonds. The van der Waals surface area contributed by atoms with Gasteiger partial charge in [0.2, 0.25) is 0 Å². The van der Waals surface area contributed by atoms with Crippen molar-refractivity contribution in [3.05, 3.63) is 77.0 Å². The number of rotatable bonds is 2. The summed E-state index contributed by atoms with van der Waals surface area (Å²) in [6, 6.07) is 20.4. The summed E-state index contributed by atoms with van der Waals surface area (Å²) in [5, 5.41) is 9.01. The van der Waals surface area contributed by atoms with Crippen LogP contribution in [0, 0.1) is 18.3 Å². The van der Waals surface area contributed by atoms with Crippen molar-refractivity contribution in [2.75, 3.05) is 0 Å². The standard InChI is InChI=1S/C21H15N3/c1-14-2-6-17(7-3-14)21-19(10-18-12-23-13-20(18)24-21)16-8-4-15(11-22)5-9-16/h2-10,13H,12H2,1H3. The summed E-state index contributed by atoms with van der Waals surface area (Å²) in [6.07, 6.45) is 1.84. The summed E-state index contributed by atoms with van der Waals surface area (Å²) in [5.74, 6) is 0. The molecule has 0 N–H and O–H groups in total. The van der Waals surface area contributed by atoms with Crippen molar-refractivity contribution in [1.82, 2.24) is 4.98 Å². The number of hydrogen-bond donors (Lipinski definition) is 0. The van der Waals surface area contributed by atoms with Crippen LogP contribution in [0.2, 0.25) is 0 Å². The zero-order valence-electron chi connectivity index (χ0n) is 13.3. The summed E-state index contributed by atoms with van der Waals surface area (Å²) in [5.41, 5.74) is 8.15. The zero-order valence-corrected chi connectivity index (χ0v) is 13.3. The number of aryl methyl sites for hydroxylation is 1. The molecule has 24 heavy (non-hydrogen) atoms. The molecule has 3 heteroatoms. The Kier molecular flexibility index (Phi) is 3.44. The van der Waals surface area contributed by atoms with Crippen LogP contribution in [0.3, 0.4) is 0 Å². The summed E-state index contributed by atoms with van der Waals surface area (Å²) in [4.78, 5) is 9.19. The molecular formula is C21H15N3. The second-order valence-electron chi connectivity index (χ2n) is 5.95. The fourth-order valence-electron chi connectivity index (χ4n) is 2.91. The van der Waals surface area contributed by atoms with Gasteiger partial charge in [-0.15, -0.1) is 0 Å². The Hall–Kier alpha value is -3.25. The molecule has 3 nitrogen and oxygen atoms in total. The zero-order chi connectivity index (χ0) is 16.5. The second-order valence-corrected chi connectivity index (χ2v) is 5.95. The first kappa shape index (κ1) is 14.3. The highest BCUT2D eigenvalue weighted by Gasteiger charge is 2.16. The molecule has 0 fully saturated rings. The highest BCUT2D eigenvalue weighted by Crippen LogP contribution is 2.33. The lowest BCUT2D eigenvalue weighted by Crippen LogP contribution is -1.97. The lowest BCUT2D eigenvalue weighted by Gasteiger charge is -2.12. The van der Waals surface area contributed by atoms with Crippen molar-refractivity contribution in [2.24, 2.45) is 4.99 Å². The van der Waals surface area contributed by atoms with Crippen molar-refractivity contribution in [1.29, 1.82) is 5.26 Å². The van der Waals surface area contributed by atoms with E-state index in [1.165, 1.54) is 5.56 Å². The van der Waals surface area contributed by atoms with Crippen molar-refractivity contribution >= 4 is 6.21 Å². The van der Waals surface area contributed by atoms with Gasteiger partial charge in [0.25, 0.3) is 0 Å². The van der Waals surface area contributed by atoms with Crippen molar-refractivity contribution in [2.45, 2.75) is 13.5 Å². The molecule has 0 atom stereocenters. The Balaban J connectivity index is 1.91. The van der Waals surface area contributed by atoms with E-state index < -0.39 is 0 Å². The minimum atomic E-state index is 0.660. The first-order valence-corrected chi connectivity index (χ1v) is 7.86. The predicted molar refractivity (Wildman–Crippen MR) is 95.9 cm³/mol. The second kappa shape index (κ2) is 5.75. The van der Waals surface area contributed by atoms with Crippen LogP contribution in [0.15, 0.2) is 59.6 Å². The van der Waals surface area contributed by atoms with Gasteiger partial charge in [-0.2, -0.15) is 5.26 Å². The molecule has 2 heterocycles. The highest BCUT2D eigenvalue weighted by atomic mass is 14.8. The Morgan fingerprint density at radius 1 is 0.958 bits per heavy atom. The van der Waals surface area contributed by atoms with E-state index in [4.69, 9.17) is 10.2 Å². The number of nitriles is 1. The fraction of sp³-hybridized carbons (Fsp3) is 0.0952. The molecule has 1 aliphatic rings. The number of benzene rings is 2. The molecule has 4 rings (SSSR count). The van der Waals surface area contributed by atoms with Crippen LogP contribution in [0.1, 0.15) is 22.4 Å². The fourth-order valence-corrected chi connectivity index (χ4v) is 2.91. The van der Waals surface area contributed by atoms with E-state index in [2.05, 4.69) is 48.3 Å². The molecule has 0 unspecified atom stereocenters. The lowest BCUT2D eigenvalue weighted by atomic mass is 9.96. The molecule has 1 aliphatic heterocycles. The van der Waals surface area contributed by atoms with E-state index in [1.54, 1.807) is 0 Å². The predicted octanol–water partition coefficient (Wildman–Crippen LogP) is 4.53. The quantitative estimate of drug-likeness (QED) is 0.698. The average Bonchev–Trinajstić information content (AvgIpc) is 3.09. The Labute approximate surface area is 141 Å². The normalized spacial score (nSPS) is 12.0. The Morgan fingerprint density at radius 2 is 1.67 bits per heavy atom. The lowest BCUT2D eigenvalue weighted by molar-refractivity contribution is 1.10. The van der Waals surface area contributed by atoms with Crippen LogP contribution in [-0.4, -0.2) is 11.2 Å². The molecule has 0 aliphatic carbocycles. The third-order valence-corrected chi connectivity index (χ3v) is 4.26. The maximum atomic E-state index is 9.01. The highest BCUT2D eigenvalue weighted by molar-refractivity contribution is 5.88. The van der Waals surface area contributed by atoms with E-state index in [0.717, 1.165) is 33.6 Å². The molecule has 0 radical (unpaired) electrons. The third kappa shape index (κ3) is 2.49. The van der Waals surface area contributed by atoms with Gasteiger partial charge in [-0.1, -0.05) is 42.0 Å². The molecule has 2 aromatic carbocycles. The van der Waals surface area contributed by atoms with Crippen LogP contribution in [-0.2, 0) is 6.54 Å². The topological polar surface area (TPSA) is 49.0 Å².